The first-order valence-electron chi connectivity index (χ1n) is 9.89. The minimum Gasteiger partial charge on any atom is -0.490 e. The van der Waals surface area contributed by atoms with Crippen LogP contribution >= 0.6 is 38.5 Å². The lowest BCUT2D eigenvalue weighted by atomic mass is 10.2. The van der Waals surface area contributed by atoms with Crippen molar-refractivity contribution in [2.24, 2.45) is 5.10 Å². The number of halogens is 2. The molecule has 0 aliphatic carbocycles. The second-order valence-corrected chi connectivity index (χ2v) is 8.48. The number of benzene rings is 2. The van der Waals surface area contributed by atoms with E-state index in [1.54, 1.807) is 6.21 Å². The monoisotopic (exact) mass is 601 g/mol. The SMILES string of the molecule is CCOc1cc(/C=N\NC(=O)CCCC(=O)Nc2ccc(Br)cc2)cc(I)c1OCC. The summed E-state index contributed by atoms with van der Waals surface area (Å²) >= 11 is 5.53. The Bertz CT molecular complexity index is 920. The van der Waals surface area contributed by atoms with Crippen molar-refractivity contribution >= 4 is 62.2 Å². The molecule has 0 aliphatic heterocycles. The molecule has 0 aliphatic rings. The number of anilines is 1. The largest absolute Gasteiger partial charge is 0.490 e. The minimum absolute atomic E-state index is 0.133. The van der Waals surface area contributed by atoms with Crippen LogP contribution in [0.4, 0.5) is 5.69 Å². The van der Waals surface area contributed by atoms with E-state index in [4.69, 9.17) is 9.47 Å². The maximum atomic E-state index is 12.0. The molecule has 7 nitrogen and oxygen atoms in total. The quantitative estimate of drug-likeness (QED) is 0.213. The Morgan fingerprint density at radius 3 is 2.42 bits per heavy atom. The predicted octanol–water partition coefficient (Wildman–Crippen LogP) is 5.11. The van der Waals surface area contributed by atoms with Crippen molar-refractivity contribution < 1.29 is 19.1 Å². The third-order valence-electron chi connectivity index (χ3n) is 3.96. The van der Waals surface area contributed by atoms with E-state index in [9.17, 15) is 9.59 Å². The van der Waals surface area contributed by atoms with Crippen LogP contribution in [0.3, 0.4) is 0 Å². The van der Waals surface area contributed by atoms with Crippen molar-refractivity contribution in [2.75, 3.05) is 18.5 Å². The van der Waals surface area contributed by atoms with Gasteiger partial charge in [-0.2, -0.15) is 5.10 Å². The second kappa shape index (κ2) is 13.3. The summed E-state index contributed by atoms with van der Waals surface area (Å²) in [5.74, 6) is 0.956. The third-order valence-corrected chi connectivity index (χ3v) is 5.29. The Hall–Kier alpha value is -2.14. The van der Waals surface area contributed by atoms with Gasteiger partial charge in [-0.05, 0) is 84.8 Å². The maximum Gasteiger partial charge on any atom is 0.240 e. The Kier molecular flexibility index (Phi) is 10.8. The molecule has 0 bridgehead atoms. The molecule has 0 unspecified atom stereocenters. The molecule has 2 aromatic rings. The number of nitrogens with one attached hydrogen (secondary N) is 2. The van der Waals surface area contributed by atoms with Crippen LogP contribution in [0.15, 0.2) is 46.0 Å². The van der Waals surface area contributed by atoms with E-state index in [0.29, 0.717) is 31.1 Å². The van der Waals surface area contributed by atoms with E-state index in [0.717, 1.165) is 19.3 Å². The number of carbonyl (C=O) groups is 2. The number of hydrogen-bond acceptors (Lipinski definition) is 5. The predicted molar refractivity (Wildman–Crippen MR) is 134 cm³/mol. The van der Waals surface area contributed by atoms with Gasteiger partial charge in [0.15, 0.2) is 11.5 Å². The molecule has 0 heterocycles. The molecule has 9 heteroatoms. The zero-order chi connectivity index (χ0) is 22.6. The maximum absolute atomic E-state index is 12.0. The van der Waals surface area contributed by atoms with Crippen LogP contribution in [0, 0.1) is 3.57 Å². The number of ether oxygens (including phenoxy) is 2. The van der Waals surface area contributed by atoms with Gasteiger partial charge < -0.3 is 14.8 Å². The first-order chi connectivity index (χ1) is 14.9. The van der Waals surface area contributed by atoms with Crippen LogP contribution in [-0.2, 0) is 9.59 Å². The van der Waals surface area contributed by atoms with Gasteiger partial charge in [-0.15, -0.1) is 0 Å². The van der Waals surface area contributed by atoms with Gasteiger partial charge in [-0.25, -0.2) is 5.43 Å². The summed E-state index contributed by atoms with van der Waals surface area (Å²) in [4.78, 5) is 23.9. The van der Waals surface area contributed by atoms with Crippen LogP contribution < -0.4 is 20.2 Å². The average molecular weight is 602 g/mol. The van der Waals surface area contributed by atoms with E-state index < -0.39 is 0 Å². The normalized spacial score (nSPS) is 10.7. The lowest BCUT2D eigenvalue weighted by Crippen LogP contribution is -2.18. The fourth-order valence-corrected chi connectivity index (χ4v) is 3.66. The second-order valence-electron chi connectivity index (χ2n) is 6.40. The van der Waals surface area contributed by atoms with E-state index in [-0.39, 0.29) is 24.7 Å². The van der Waals surface area contributed by atoms with Crippen LogP contribution in [0.5, 0.6) is 11.5 Å². The standard InChI is InChI=1S/C22H25BrIN3O4/c1-3-30-19-13-15(12-18(24)22(19)31-4-2)14-25-27-21(29)7-5-6-20(28)26-17-10-8-16(23)9-11-17/h8-14H,3-7H2,1-2H3,(H,26,28)(H,27,29)/b25-14-. The fraction of sp³-hybridized carbons (Fsp3) is 0.318. The Labute approximate surface area is 204 Å². The zero-order valence-electron chi connectivity index (χ0n) is 17.4. The smallest absolute Gasteiger partial charge is 0.240 e. The molecule has 0 radical (unpaired) electrons. The highest BCUT2D eigenvalue weighted by molar-refractivity contribution is 14.1. The molecule has 0 spiro atoms. The first kappa shape index (κ1) is 25.1. The van der Waals surface area contributed by atoms with Gasteiger partial charge in [0.2, 0.25) is 11.8 Å². The summed E-state index contributed by atoms with van der Waals surface area (Å²) in [6, 6.07) is 11.0. The summed E-state index contributed by atoms with van der Waals surface area (Å²) < 4.78 is 13.1. The third kappa shape index (κ3) is 8.86. The van der Waals surface area contributed by atoms with Crippen molar-refractivity contribution in [1.82, 2.24) is 5.43 Å². The highest BCUT2D eigenvalue weighted by atomic mass is 127. The van der Waals surface area contributed by atoms with Gasteiger partial charge in [0, 0.05) is 23.0 Å². The molecule has 0 saturated heterocycles. The molecule has 0 atom stereocenters. The van der Waals surface area contributed by atoms with Crippen molar-refractivity contribution in [3.05, 3.63) is 50.0 Å². The molecule has 0 fully saturated rings. The molecule has 0 aromatic heterocycles. The number of hydrogen-bond donors (Lipinski definition) is 2. The molecule has 2 aromatic carbocycles. The zero-order valence-corrected chi connectivity index (χ0v) is 21.2. The molecule has 0 saturated carbocycles. The van der Waals surface area contributed by atoms with Gasteiger partial charge in [0.1, 0.15) is 0 Å². The number of carbonyl (C=O) groups excluding carboxylic acids is 2. The minimum atomic E-state index is -0.252. The van der Waals surface area contributed by atoms with Crippen molar-refractivity contribution in [2.45, 2.75) is 33.1 Å². The molecule has 2 N–H and O–H groups in total. The molecule has 31 heavy (non-hydrogen) atoms. The van der Waals surface area contributed by atoms with Crippen LogP contribution in [-0.4, -0.2) is 31.2 Å². The summed E-state index contributed by atoms with van der Waals surface area (Å²) in [5.41, 5.74) is 3.99. The highest BCUT2D eigenvalue weighted by Gasteiger charge is 2.11. The van der Waals surface area contributed by atoms with Crippen molar-refractivity contribution in [1.29, 1.82) is 0 Å². The molecule has 166 valence electrons. The van der Waals surface area contributed by atoms with Crippen molar-refractivity contribution in [3.63, 3.8) is 0 Å². The van der Waals surface area contributed by atoms with Crippen molar-refractivity contribution in [3.8, 4) is 11.5 Å². The van der Waals surface area contributed by atoms with Gasteiger partial charge >= 0.3 is 0 Å². The summed E-state index contributed by atoms with van der Waals surface area (Å²) in [6.45, 7) is 4.88. The van der Waals surface area contributed by atoms with Gasteiger partial charge in [-0.1, -0.05) is 15.9 Å². The van der Waals surface area contributed by atoms with Crippen LogP contribution in [0.1, 0.15) is 38.7 Å². The number of amides is 2. The Morgan fingerprint density at radius 2 is 1.74 bits per heavy atom. The van der Waals surface area contributed by atoms with Crippen LogP contribution in [0.25, 0.3) is 0 Å². The number of hydrazone groups is 1. The lowest BCUT2D eigenvalue weighted by Gasteiger charge is -2.13. The van der Waals surface area contributed by atoms with E-state index in [2.05, 4.69) is 54.4 Å². The molecule has 2 amide bonds. The van der Waals surface area contributed by atoms with Gasteiger partial charge in [0.25, 0.3) is 0 Å². The fourth-order valence-electron chi connectivity index (χ4n) is 2.61. The van der Waals surface area contributed by atoms with Crippen LogP contribution in [0.2, 0.25) is 0 Å². The first-order valence-corrected chi connectivity index (χ1v) is 11.8. The van der Waals surface area contributed by atoms with E-state index in [1.807, 2.05) is 50.2 Å². The molecular formula is C22H25BrIN3O4. The molecular weight excluding hydrogens is 577 g/mol. The Morgan fingerprint density at radius 1 is 1.06 bits per heavy atom. The summed E-state index contributed by atoms with van der Waals surface area (Å²) in [6.07, 6.45) is 2.44. The van der Waals surface area contributed by atoms with E-state index >= 15 is 0 Å². The highest BCUT2D eigenvalue weighted by Crippen LogP contribution is 2.33. The average Bonchev–Trinajstić information content (AvgIpc) is 2.72. The lowest BCUT2D eigenvalue weighted by molar-refractivity contribution is -0.121. The molecule has 2 rings (SSSR count). The topological polar surface area (TPSA) is 89.0 Å². The Balaban J connectivity index is 1.80. The van der Waals surface area contributed by atoms with Gasteiger partial charge in [-0.3, -0.25) is 9.59 Å². The summed E-state index contributed by atoms with van der Waals surface area (Å²) in [7, 11) is 0. The van der Waals surface area contributed by atoms with E-state index in [1.165, 1.54) is 0 Å². The van der Waals surface area contributed by atoms with Gasteiger partial charge in [0.05, 0.1) is 23.0 Å². The number of nitrogens with zero attached hydrogens (tertiary/aromatic N) is 1. The summed E-state index contributed by atoms with van der Waals surface area (Å²) in [5, 5.41) is 6.80. The number of rotatable bonds is 11.